The molecular formula is C17H20ClN5O3. The summed E-state index contributed by atoms with van der Waals surface area (Å²) in [5.74, 6) is -0.0293. The summed E-state index contributed by atoms with van der Waals surface area (Å²) in [6.45, 7) is 1.68. The van der Waals surface area contributed by atoms with Gasteiger partial charge >= 0.3 is 0 Å². The van der Waals surface area contributed by atoms with Gasteiger partial charge in [0.2, 0.25) is 5.91 Å². The van der Waals surface area contributed by atoms with Gasteiger partial charge in [-0.2, -0.15) is 5.10 Å². The number of nitrogens with zero attached hydrogens (tertiary/aromatic N) is 1. The number of anilines is 1. The van der Waals surface area contributed by atoms with Gasteiger partial charge in [-0.1, -0.05) is 11.6 Å². The summed E-state index contributed by atoms with van der Waals surface area (Å²) in [5.41, 5.74) is 2.74. The molecule has 2 heterocycles. The fourth-order valence-corrected chi connectivity index (χ4v) is 2.95. The van der Waals surface area contributed by atoms with Crippen LogP contribution in [0.25, 0.3) is 0 Å². The average Bonchev–Trinajstić information content (AvgIpc) is 3.06. The van der Waals surface area contributed by atoms with Crippen molar-refractivity contribution >= 4 is 29.1 Å². The molecule has 1 aliphatic rings. The van der Waals surface area contributed by atoms with Gasteiger partial charge in [0.05, 0.1) is 12.8 Å². The van der Waals surface area contributed by atoms with Crippen LogP contribution in [0.4, 0.5) is 5.69 Å². The molecule has 1 aromatic carbocycles. The van der Waals surface area contributed by atoms with Crippen molar-refractivity contribution in [2.24, 2.45) is 0 Å². The Balaban J connectivity index is 1.52. The zero-order chi connectivity index (χ0) is 18.5. The fourth-order valence-electron chi connectivity index (χ4n) is 2.78. The topological polar surface area (TPSA) is 108 Å². The second-order valence-electron chi connectivity index (χ2n) is 5.85. The second-order valence-corrected chi connectivity index (χ2v) is 6.29. The van der Waals surface area contributed by atoms with E-state index in [2.05, 4.69) is 26.1 Å². The van der Waals surface area contributed by atoms with Gasteiger partial charge in [0, 0.05) is 48.8 Å². The highest BCUT2D eigenvalue weighted by molar-refractivity contribution is 6.31. The van der Waals surface area contributed by atoms with Gasteiger partial charge in [-0.15, -0.1) is 0 Å². The first-order chi connectivity index (χ1) is 12.6. The number of rotatable bonds is 6. The predicted molar refractivity (Wildman–Crippen MR) is 97.6 cm³/mol. The Morgan fingerprint density at radius 2 is 2.23 bits per heavy atom. The summed E-state index contributed by atoms with van der Waals surface area (Å²) in [4.78, 5) is 24.4. The van der Waals surface area contributed by atoms with Crippen molar-refractivity contribution in [3.63, 3.8) is 0 Å². The van der Waals surface area contributed by atoms with Crippen LogP contribution in [-0.4, -0.2) is 42.2 Å². The van der Waals surface area contributed by atoms with E-state index in [-0.39, 0.29) is 24.8 Å². The Bertz CT molecular complexity index is 821. The van der Waals surface area contributed by atoms with Gasteiger partial charge in [0.25, 0.3) is 5.91 Å². The smallest absolute Gasteiger partial charge is 0.272 e. The number of fused-ring (bicyclic) bond motifs is 1. The molecule has 2 amide bonds. The van der Waals surface area contributed by atoms with Crippen LogP contribution in [-0.2, 0) is 17.8 Å². The van der Waals surface area contributed by atoms with Crippen LogP contribution in [0, 0.1) is 0 Å². The monoisotopic (exact) mass is 377 g/mol. The lowest BCUT2D eigenvalue weighted by molar-refractivity contribution is -0.116. The summed E-state index contributed by atoms with van der Waals surface area (Å²) >= 11 is 5.94. The zero-order valence-electron chi connectivity index (χ0n) is 14.3. The number of carbonyl (C=O) groups is 2. The molecule has 4 N–H and O–H groups in total. The number of aromatic amines is 1. The Kier molecular flexibility index (Phi) is 5.75. The number of hydrogen-bond acceptors (Lipinski definition) is 5. The molecule has 3 rings (SSSR count). The quantitative estimate of drug-likeness (QED) is 0.609. The van der Waals surface area contributed by atoms with Crippen molar-refractivity contribution in [2.45, 2.75) is 19.4 Å². The number of methoxy groups -OCH3 is 1. The van der Waals surface area contributed by atoms with E-state index in [0.29, 0.717) is 28.7 Å². The van der Waals surface area contributed by atoms with Gasteiger partial charge in [-0.25, -0.2) is 0 Å². The van der Waals surface area contributed by atoms with Crippen molar-refractivity contribution in [3.8, 4) is 5.75 Å². The van der Waals surface area contributed by atoms with E-state index in [0.717, 1.165) is 24.2 Å². The zero-order valence-corrected chi connectivity index (χ0v) is 15.1. The third-order valence-corrected chi connectivity index (χ3v) is 4.33. The number of amides is 2. The Labute approximate surface area is 155 Å². The maximum absolute atomic E-state index is 12.3. The van der Waals surface area contributed by atoms with Crippen molar-refractivity contribution in [1.29, 1.82) is 0 Å². The third-order valence-electron chi connectivity index (χ3n) is 4.09. The highest BCUT2D eigenvalue weighted by Gasteiger charge is 2.21. The lowest BCUT2D eigenvalue weighted by atomic mass is 10.1. The average molecular weight is 378 g/mol. The molecule has 26 heavy (non-hydrogen) atoms. The first kappa shape index (κ1) is 18.2. The van der Waals surface area contributed by atoms with Crippen LogP contribution in [0.15, 0.2) is 18.2 Å². The number of aromatic nitrogens is 2. The number of H-pyrrole nitrogens is 1. The van der Waals surface area contributed by atoms with Crippen molar-refractivity contribution < 1.29 is 14.3 Å². The molecule has 0 atom stereocenters. The molecular weight excluding hydrogens is 358 g/mol. The van der Waals surface area contributed by atoms with Gasteiger partial charge in [0.15, 0.2) is 5.69 Å². The van der Waals surface area contributed by atoms with Crippen LogP contribution >= 0.6 is 11.6 Å². The molecule has 0 spiro atoms. The molecule has 1 aliphatic heterocycles. The lowest BCUT2D eigenvalue weighted by Crippen LogP contribution is -2.30. The first-order valence-corrected chi connectivity index (χ1v) is 8.64. The first-order valence-electron chi connectivity index (χ1n) is 8.27. The lowest BCUT2D eigenvalue weighted by Gasteiger charge is -2.13. The van der Waals surface area contributed by atoms with E-state index in [1.165, 1.54) is 7.11 Å². The third kappa shape index (κ3) is 4.14. The summed E-state index contributed by atoms with van der Waals surface area (Å²) in [5, 5.41) is 16.1. The maximum atomic E-state index is 12.3. The second kappa shape index (κ2) is 8.20. The molecule has 0 unspecified atom stereocenters. The highest BCUT2D eigenvalue weighted by atomic mass is 35.5. The summed E-state index contributed by atoms with van der Waals surface area (Å²) in [6, 6.07) is 4.96. The van der Waals surface area contributed by atoms with Crippen LogP contribution in [0.1, 0.15) is 28.2 Å². The van der Waals surface area contributed by atoms with E-state index in [1.54, 1.807) is 18.2 Å². The van der Waals surface area contributed by atoms with E-state index < -0.39 is 0 Å². The molecule has 0 bridgehead atoms. The largest absolute Gasteiger partial charge is 0.495 e. The van der Waals surface area contributed by atoms with Crippen molar-refractivity contribution in [2.75, 3.05) is 25.5 Å². The minimum atomic E-state index is -0.292. The number of nitrogens with one attached hydrogen (secondary N) is 4. The minimum absolute atomic E-state index is 0.117. The molecule has 0 fully saturated rings. The summed E-state index contributed by atoms with van der Waals surface area (Å²) in [7, 11) is 1.51. The van der Waals surface area contributed by atoms with E-state index in [9.17, 15) is 9.59 Å². The van der Waals surface area contributed by atoms with Gasteiger partial charge in [-0.3, -0.25) is 14.7 Å². The highest BCUT2D eigenvalue weighted by Crippen LogP contribution is 2.27. The van der Waals surface area contributed by atoms with Crippen LogP contribution in [0.3, 0.4) is 0 Å². The van der Waals surface area contributed by atoms with Crippen LogP contribution in [0.2, 0.25) is 5.02 Å². The van der Waals surface area contributed by atoms with Crippen LogP contribution < -0.4 is 20.7 Å². The van der Waals surface area contributed by atoms with Crippen molar-refractivity contribution in [3.05, 3.63) is 40.2 Å². The molecule has 1 aromatic heterocycles. The number of ether oxygens (including phenoxy) is 1. The van der Waals surface area contributed by atoms with Gasteiger partial charge in [-0.05, 0) is 18.2 Å². The normalized spacial score (nSPS) is 13.0. The standard InChI is InChI=1S/C17H20ClN5O3/c1-26-14-3-2-10(18)8-13(14)21-15(24)5-7-20-17(25)16-11-9-19-6-4-12(11)22-23-16/h2-3,8,19H,4-7,9H2,1H3,(H,20,25)(H,21,24)(H,22,23). The minimum Gasteiger partial charge on any atom is -0.495 e. The molecule has 9 heteroatoms. The Hall–Kier alpha value is -2.58. The molecule has 0 saturated carbocycles. The number of halogens is 1. The summed E-state index contributed by atoms with van der Waals surface area (Å²) in [6.07, 6.45) is 0.936. The fraction of sp³-hybridized carbons (Fsp3) is 0.353. The molecule has 138 valence electrons. The Morgan fingerprint density at radius 1 is 1.38 bits per heavy atom. The number of hydrogen-bond donors (Lipinski definition) is 4. The SMILES string of the molecule is COc1ccc(Cl)cc1NC(=O)CCNC(=O)c1n[nH]c2c1CNCC2. The van der Waals surface area contributed by atoms with E-state index in [1.807, 2.05) is 0 Å². The molecule has 0 aliphatic carbocycles. The summed E-state index contributed by atoms with van der Waals surface area (Å²) < 4.78 is 5.18. The number of carbonyl (C=O) groups excluding carboxylic acids is 2. The molecule has 0 radical (unpaired) electrons. The van der Waals surface area contributed by atoms with E-state index in [4.69, 9.17) is 16.3 Å². The maximum Gasteiger partial charge on any atom is 0.272 e. The van der Waals surface area contributed by atoms with E-state index >= 15 is 0 Å². The Morgan fingerprint density at radius 3 is 3.04 bits per heavy atom. The molecule has 8 nitrogen and oxygen atoms in total. The van der Waals surface area contributed by atoms with Gasteiger partial charge in [0.1, 0.15) is 5.75 Å². The van der Waals surface area contributed by atoms with Crippen LogP contribution in [0.5, 0.6) is 5.75 Å². The van der Waals surface area contributed by atoms with Crippen molar-refractivity contribution in [1.82, 2.24) is 20.8 Å². The predicted octanol–water partition coefficient (Wildman–Crippen LogP) is 1.48. The van der Waals surface area contributed by atoms with Gasteiger partial charge < -0.3 is 20.7 Å². The molecule has 2 aromatic rings. The molecule has 0 saturated heterocycles. The number of benzene rings is 1.